The number of carbonyl (C=O) groups excluding carboxylic acids is 5. The number of esters is 2. The summed E-state index contributed by atoms with van der Waals surface area (Å²) in [5.74, 6) is -1.32. The van der Waals surface area contributed by atoms with Crippen LogP contribution in [-0.4, -0.2) is 91.8 Å². The highest BCUT2D eigenvalue weighted by molar-refractivity contribution is 5.94. The molecule has 14 heteroatoms. The molecule has 1 aromatic carbocycles. The average Bonchev–Trinajstić information content (AvgIpc) is 3.85. The smallest absolute Gasteiger partial charge is 0.408 e. The maximum Gasteiger partial charge on any atom is 0.408 e. The van der Waals surface area contributed by atoms with Crippen molar-refractivity contribution in [2.75, 3.05) is 27.9 Å². The van der Waals surface area contributed by atoms with Crippen molar-refractivity contribution in [3.05, 3.63) is 51.8 Å². The van der Waals surface area contributed by atoms with E-state index in [0.717, 1.165) is 56.9 Å². The van der Waals surface area contributed by atoms with Crippen molar-refractivity contribution < 1.29 is 42.9 Å². The Balaban J connectivity index is 0.000000281. The van der Waals surface area contributed by atoms with Gasteiger partial charge in [0.05, 0.1) is 26.8 Å². The summed E-state index contributed by atoms with van der Waals surface area (Å²) in [6.07, 6.45) is 12.2. The van der Waals surface area contributed by atoms with E-state index in [9.17, 15) is 28.8 Å². The fraction of sp³-hybridized carbons (Fsp3) is 0.579. The van der Waals surface area contributed by atoms with Crippen molar-refractivity contribution in [1.82, 2.24) is 20.5 Å². The van der Waals surface area contributed by atoms with E-state index < -0.39 is 36.2 Å². The summed E-state index contributed by atoms with van der Waals surface area (Å²) in [7, 11) is 4.12. The topological polar surface area (TPSA) is 182 Å². The van der Waals surface area contributed by atoms with E-state index in [2.05, 4.69) is 20.4 Å². The number of methoxy groups -OCH3 is 3. The molecule has 3 heterocycles. The van der Waals surface area contributed by atoms with Crippen LogP contribution in [0.2, 0.25) is 0 Å². The third kappa shape index (κ3) is 10.1. The minimum Gasteiger partial charge on any atom is -0.496 e. The first-order valence-corrected chi connectivity index (χ1v) is 18.1. The quantitative estimate of drug-likeness (QED) is 0.226. The molecule has 2 fully saturated rings. The average molecular weight is 725 g/mol. The van der Waals surface area contributed by atoms with Crippen molar-refractivity contribution in [2.24, 2.45) is 5.92 Å². The van der Waals surface area contributed by atoms with Gasteiger partial charge in [0.25, 0.3) is 0 Å². The first-order valence-electron chi connectivity index (χ1n) is 18.1. The molecule has 1 aliphatic carbocycles. The summed E-state index contributed by atoms with van der Waals surface area (Å²) in [6.45, 7) is 4.12. The molecule has 3 unspecified atom stereocenters. The molecule has 1 aromatic heterocycles. The second kappa shape index (κ2) is 19.1. The van der Waals surface area contributed by atoms with E-state index in [0.29, 0.717) is 42.5 Å². The van der Waals surface area contributed by atoms with Gasteiger partial charge in [-0.25, -0.2) is 14.4 Å². The van der Waals surface area contributed by atoms with E-state index in [1.54, 1.807) is 24.1 Å². The van der Waals surface area contributed by atoms with Crippen molar-refractivity contribution in [3.63, 3.8) is 0 Å². The predicted octanol–water partition coefficient (Wildman–Crippen LogP) is 4.46. The number of benzene rings is 1. The third-order valence-electron chi connectivity index (χ3n) is 9.93. The summed E-state index contributed by atoms with van der Waals surface area (Å²) in [6, 6.07) is 2.38. The number of H-pyrrole nitrogens is 1. The van der Waals surface area contributed by atoms with Crippen LogP contribution in [0.1, 0.15) is 93.6 Å². The molecule has 1 saturated heterocycles. The number of alkyl carbamates (subject to hydrolysis) is 1. The van der Waals surface area contributed by atoms with E-state index in [1.165, 1.54) is 20.3 Å². The van der Waals surface area contributed by atoms with Gasteiger partial charge in [-0.2, -0.15) is 0 Å². The van der Waals surface area contributed by atoms with Gasteiger partial charge in [0.1, 0.15) is 35.7 Å². The number of allylic oxidation sites excluding steroid dienone is 1. The Morgan fingerprint density at radius 2 is 1.63 bits per heavy atom. The molecule has 5 rings (SSSR count). The van der Waals surface area contributed by atoms with Gasteiger partial charge in [0, 0.05) is 29.5 Å². The highest BCUT2D eigenvalue weighted by Gasteiger charge is 2.40. The number of nitrogens with one attached hydrogen (secondary N) is 3. The number of aromatic nitrogens is 1. The predicted molar refractivity (Wildman–Crippen MR) is 193 cm³/mol. The lowest BCUT2D eigenvalue weighted by Crippen LogP contribution is -2.56. The van der Waals surface area contributed by atoms with Crippen molar-refractivity contribution in [3.8, 4) is 5.75 Å². The maximum absolute atomic E-state index is 13.5. The Morgan fingerprint density at radius 3 is 2.33 bits per heavy atom. The number of aryl methyl sites for hydroxylation is 1. The second-order valence-corrected chi connectivity index (χ2v) is 13.5. The summed E-state index contributed by atoms with van der Waals surface area (Å²) < 4.78 is 20.2. The largest absolute Gasteiger partial charge is 0.496 e. The number of pyridine rings is 1. The molecule has 284 valence electrons. The number of rotatable bonds is 5. The molecule has 4 atom stereocenters. The zero-order valence-corrected chi connectivity index (χ0v) is 30.8. The van der Waals surface area contributed by atoms with Crippen molar-refractivity contribution >= 4 is 40.7 Å². The highest BCUT2D eigenvalue weighted by Crippen LogP contribution is 2.25. The lowest BCUT2D eigenvalue weighted by Gasteiger charge is -2.30. The first kappa shape index (κ1) is 39.9. The van der Waals surface area contributed by atoms with Crippen LogP contribution in [0.15, 0.2) is 35.1 Å². The molecule has 0 radical (unpaired) electrons. The fourth-order valence-electron chi connectivity index (χ4n) is 6.96. The lowest BCUT2D eigenvalue weighted by atomic mass is 9.99. The van der Waals surface area contributed by atoms with Gasteiger partial charge >= 0.3 is 18.0 Å². The van der Waals surface area contributed by atoms with Gasteiger partial charge in [-0.3, -0.25) is 14.4 Å². The second-order valence-electron chi connectivity index (χ2n) is 13.5. The molecule has 3 N–H and O–H groups in total. The number of fused-ring (bicyclic) bond motifs is 2. The van der Waals surface area contributed by atoms with Crippen LogP contribution in [0.25, 0.3) is 10.9 Å². The van der Waals surface area contributed by atoms with Crippen LogP contribution in [0.4, 0.5) is 4.79 Å². The number of carbonyl (C=O) groups is 5. The van der Waals surface area contributed by atoms with Crippen LogP contribution in [-0.2, 0) is 28.6 Å². The Bertz CT molecular complexity index is 1680. The molecular formula is C38H52N4O10. The summed E-state index contributed by atoms with van der Waals surface area (Å²) in [5, 5.41) is 6.11. The normalized spacial score (nSPS) is 23.5. The van der Waals surface area contributed by atoms with Crippen LogP contribution < -0.4 is 20.8 Å². The molecule has 52 heavy (non-hydrogen) atoms. The SMILES string of the molecule is COC(=O)C1NC(=O)C2CCCN2C(=O)[C@@H](NC(=O)OC2CCCC2)CCCCC/C=C\C1C.COC(=O)c1cc(=O)c2ccc(OC)c(C)c2[nH]1. The zero-order chi connectivity index (χ0) is 37.8. The highest BCUT2D eigenvalue weighted by atomic mass is 16.6. The molecule has 14 nitrogen and oxygen atoms in total. The molecule has 2 aliphatic heterocycles. The van der Waals surface area contributed by atoms with Gasteiger partial charge in [0.15, 0.2) is 5.43 Å². The summed E-state index contributed by atoms with van der Waals surface area (Å²) in [4.78, 5) is 79.4. The number of aromatic amines is 1. The molecule has 0 spiro atoms. The van der Waals surface area contributed by atoms with Crippen LogP contribution >= 0.6 is 0 Å². The standard InChI is InChI=1S/C25H39N3O6.C13H13NO4/c1-17-11-6-4-3-5-7-14-19(26-25(32)34-18-12-8-9-13-18)23(30)28-16-10-15-20(28)22(29)27-21(17)24(31)33-2;1-7-11(17-2)5-4-8-10(15)6-9(13(16)18-3)14-12(7)8/h6,11,17-21H,3-5,7-10,12-16H2,1-2H3,(H,26,32)(H,27,29);4-6H,1-3H3,(H,14,15)/b11-6-;/t17?,19-,20?,21?;/m0./s1. The minimum absolute atomic E-state index is 0.0910. The van der Waals surface area contributed by atoms with E-state index in [1.807, 2.05) is 26.0 Å². The number of hydrogen-bond acceptors (Lipinski definition) is 10. The van der Waals surface area contributed by atoms with E-state index in [-0.39, 0.29) is 35.0 Å². The van der Waals surface area contributed by atoms with Gasteiger partial charge < -0.3 is 39.5 Å². The first-order chi connectivity index (χ1) is 25.0. The van der Waals surface area contributed by atoms with Crippen LogP contribution in [0.5, 0.6) is 5.75 Å². The van der Waals surface area contributed by atoms with Crippen LogP contribution in [0, 0.1) is 12.8 Å². The Labute approximate surface area is 303 Å². The van der Waals surface area contributed by atoms with Crippen molar-refractivity contribution in [1.29, 1.82) is 0 Å². The third-order valence-corrected chi connectivity index (χ3v) is 9.93. The Kier molecular flexibility index (Phi) is 14.7. The lowest BCUT2D eigenvalue weighted by molar-refractivity contribution is -0.147. The van der Waals surface area contributed by atoms with Gasteiger partial charge in [-0.05, 0) is 76.8 Å². The van der Waals surface area contributed by atoms with Crippen molar-refractivity contribution in [2.45, 2.75) is 109 Å². The zero-order valence-electron chi connectivity index (χ0n) is 30.8. The molecular weight excluding hydrogens is 672 g/mol. The Hall–Kier alpha value is -4.88. The van der Waals surface area contributed by atoms with E-state index in [4.69, 9.17) is 14.2 Å². The van der Waals surface area contributed by atoms with Gasteiger partial charge in [-0.15, -0.1) is 0 Å². The number of hydrogen-bond donors (Lipinski definition) is 3. The number of amides is 3. The molecule has 3 amide bonds. The number of nitrogens with zero attached hydrogens (tertiary/aromatic N) is 1. The molecule has 0 bridgehead atoms. The molecule has 3 aliphatic rings. The molecule has 2 aromatic rings. The summed E-state index contributed by atoms with van der Waals surface area (Å²) in [5.41, 5.74) is 1.27. The number of ether oxygens (including phenoxy) is 4. The Morgan fingerprint density at radius 1 is 0.904 bits per heavy atom. The van der Waals surface area contributed by atoms with Gasteiger partial charge in [-0.1, -0.05) is 31.9 Å². The van der Waals surface area contributed by atoms with E-state index >= 15 is 0 Å². The minimum atomic E-state index is -0.827. The summed E-state index contributed by atoms with van der Waals surface area (Å²) >= 11 is 0. The fourth-order valence-corrected chi connectivity index (χ4v) is 6.96. The molecule has 1 saturated carbocycles. The van der Waals surface area contributed by atoms with Gasteiger partial charge in [0.2, 0.25) is 11.8 Å². The maximum atomic E-state index is 13.5. The monoisotopic (exact) mass is 724 g/mol. The van der Waals surface area contributed by atoms with Crippen LogP contribution in [0.3, 0.4) is 0 Å².